The van der Waals surface area contributed by atoms with Crippen molar-refractivity contribution in [2.45, 2.75) is 0 Å². The maximum absolute atomic E-state index is 2.12. The van der Waals surface area contributed by atoms with Crippen LogP contribution in [0, 0.1) is 0 Å². The molecule has 0 aromatic carbocycles. The summed E-state index contributed by atoms with van der Waals surface area (Å²) in [5.74, 6) is 0. The van der Waals surface area contributed by atoms with Crippen LogP contribution in [0.1, 0.15) is 0 Å². The molecule has 68 valence electrons. The van der Waals surface area contributed by atoms with Crippen LogP contribution >= 0.6 is 0 Å². The van der Waals surface area contributed by atoms with Crippen molar-refractivity contribution in [3.63, 3.8) is 0 Å². The highest BCUT2D eigenvalue weighted by Gasteiger charge is 2.01. The Bertz CT molecular complexity index is 546. The van der Waals surface area contributed by atoms with Gasteiger partial charge < -0.3 is 8.97 Å². The quantitative estimate of drug-likeness (QED) is 0.547. The Balaban J connectivity index is 2.33. The third-order valence-corrected chi connectivity index (χ3v) is 2.43. The summed E-state index contributed by atoms with van der Waals surface area (Å²) in [4.78, 5) is 0. The number of pyridine rings is 1. The van der Waals surface area contributed by atoms with Gasteiger partial charge in [-0.15, -0.1) is 0 Å². The first-order valence-electron chi connectivity index (χ1n) is 4.64. The zero-order chi connectivity index (χ0) is 9.38. The van der Waals surface area contributed by atoms with E-state index < -0.39 is 0 Å². The molecule has 2 heteroatoms. The molecule has 0 aliphatic rings. The summed E-state index contributed by atoms with van der Waals surface area (Å²) in [6.07, 6.45) is 8.25. The lowest BCUT2D eigenvalue weighted by Crippen LogP contribution is -1.88. The fourth-order valence-electron chi connectivity index (χ4n) is 1.75. The second kappa shape index (κ2) is 2.77. The van der Waals surface area contributed by atoms with E-state index in [9.17, 15) is 0 Å². The average Bonchev–Trinajstić information content (AvgIpc) is 2.85. The topological polar surface area (TPSA) is 9.34 Å². The van der Waals surface area contributed by atoms with Crippen molar-refractivity contribution in [3.8, 4) is 5.69 Å². The van der Waals surface area contributed by atoms with E-state index in [1.54, 1.807) is 0 Å². The lowest BCUT2D eigenvalue weighted by molar-refractivity contribution is 1.09. The molecule has 14 heavy (non-hydrogen) atoms. The molecule has 0 spiro atoms. The normalized spacial score (nSPS) is 10.9. The van der Waals surface area contributed by atoms with Crippen LogP contribution in [-0.2, 0) is 0 Å². The van der Waals surface area contributed by atoms with Crippen LogP contribution in [0.25, 0.3) is 11.2 Å². The molecular weight excluding hydrogens is 172 g/mol. The van der Waals surface area contributed by atoms with Crippen molar-refractivity contribution in [2.24, 2.45) is 0 Å². The van der Waals surface area contributed by atoms with Gasteiger partial charge in [-0.25, -0.2) is 0 Å². The van der Waals surface area contributed by atoms with Crippen molar-refractivity contribution >= 4 is 5.52 Å². The zero-order valence-electron chi connectivity index (χ0n) is 7.67. The summed E-state index contributed by atoms with van der Waals surface area (Å²) in [7, 11) is 0. The van der Waals surface area contributed by atoms with Crippen molar-refractivity contribution in [1.29, 1.82) is 0 Å². The Labute approximate surface area is 82.0 Å². The van der Waals surface area contributed by atoms with Crippen molar-refractivity contribution in [3.05, 3.63) is 61.2 Å². The van der Waals surface area contributed by atoms with E-state index >= 15 is 0 Å². The summed E-state index contributed by atoms with van der Waals surface area (Å²) in [5, 5.41) is 0. The van der Waals surface area contributed by atoms with Gasteiger partial charge in [-0.3, -0.25) is 0 Å². The summed E-state index contributed by atoms with van der Waals surface area (Å²) < 4.78 is 4.24. The molecular formula is C12H10N2. The van der Waals surface area contributed by atoms with Crippen LogP contribution in [0.4, 0.5) is 0 Å². The Morgan fingerprint density at radius 2 is 1.50 bits per heavy atom. The minimum absolute atomic E-state index is 1.22. The highest BCUT2D eigenvalue weighted by molar-refractivity contribution is 5.65. The van der Waals surface area contributed by atoms with Crippen LogP contribution in [0.2, 0.25) is 0 Å². The van der Waals surface area contributed by atoms with E-state index in [1.807, 2.05) is 18.2 Å². The standard InChI is InChI=1S/C12H10N2/c1-2-7-14-10-6-12(11(14)5-1)13-8-3-4-9-13/h1-10H. The molecule has 3 aromatic rings. The SMILES string of the molecule is c1ccn2ccc(-n3cccc3)c2c1. The second-order valence-electron chi connectivity index (χ2n) is 3.28. The van der Waals surface area contributed by atoms with Crippen LogP contribution in [-0.4, -0.2) is 8.97 Å². The number of hydrogen-bond acceptors (Lipinski definition) is 0. The van der Waals surface area contributed by atoms with E-state index in [-0.39, 0.29) is 0 Å². The number of fused-ring (bicyclic) bond motifs is 1. The molecule has 0 aliphatic heterocycles. The Hall–Kier alpha value is -1.96. The molecule has 3 rings (SSSR count). The monoisotopic (exact) mass is 182 g/mol. The van der Waals surface area contributed by atoms with E-state index in [2.05, 4.69) is 52.0 Å². The number of rotatable bonds is 1. The van der Waals surface area contributed by atoms with E-state index in [1.165, 1.54) is 11.2 Å². The third kappa shape index (κ3) is 0.973. The predicted molar refractivity (Wildman–Crippen MR) is 56.7 cm³/mol. The molecule has 0 saturated carbocycles. The number of aromatic nitrogens is 2. The molecule has 0 radical (unpaired) electrons. The van der Waals surface area contributed by atoms with Crippen LogP contribution in [0.3, 0.4) is 0 Å². The van der Waals surface area contributed by atoms with Crippen molar-refractivity contribution in [2.75, 3.05) is 0 Å². The summed E-state index contributed by atoms with van der Waals surface area (Å²) >= 11 is 0. The predicted octanol–water partition coefficient (Wildman–Crippen LogP) is 2.73. The van der Waals surface area contributed by atoms with Gasteiger partial charge in [0.05, 0.1) is 11.2 Å². The van der Waals surface area contributed by atoms with Gasteiger partial charge in [0.25, 0.3) is 0 Å². The van der Waals surface area contributed by atoms with Gasteiger partial charge in [0.2, 0.25) is 0 Å². The average molecular weight is 182 g/mol. The maximum atomic E-state index is 2.12. The zero-order valence-corrected chi connectivity index (χ0v) is 7.67. The molecule has 3 aromatic heterocycles. The lowest BCUT2D eigenvalue weighted by Gasteiger charge is -2.00. The molecule has 3 heterocycles. The molecule has 0 aliphatic carbocycles. The van der Waals surface area contributed by atoms with Gasteiger partial charge in [0.15, 0.2) is 0 Å². The Morgan fingerprint density at radius 1 is 0.714 bits per heavy atom. The first-order chi connectivity index (χ1) is 6.95. The van der Waals surface area contributed by atoms with Crippen LogP contribution in [0.5, 0.6) is 0 Å². The molecule has 0 saturated heterocycles. The summed E-state index contributed by atoms with van der Waals surface area (Å²) in [6, 6.07) is 12.4. The minimum atomic E-state index is 1.22. The van der Waals surface area contributed by atoms with Gasteiger partial charge in [0.1, 0.15) is 0 Å². The highest BCUT2D eigenvalue weighted by atomic mass is 15.0. The van der Waals surface area contributed by atoms with Gasteiger partial charge in [0, 0.05) is 24.8 Å². The molecule has 0 amide bonds. The minimum Gasteiger partial charge on any atom is -0.322 e. The molecule has 2 nitrogen and oxygen atoms in total. The molecule has 0 N–H and O–H groups in total. The summed E-state index contributed by atoms with van der Waals surface area (Å²) in [5.41, 5.74) is 2.44. The largest absolute Gasteiger partial charge is 0.322 e. The smallest absolute Gasteiger partial charge is 0.0706 e. The van der Waals surface area contributed by atoms with Crippen LogP contribution in [0.15, 0.2) is 61.2 Å². The lowest BCUT2D eigenvalue weighted by atomic mass is 10.3. The van der Waals surface area contributed by atoms with Crippen molar-refractivity contribution < 1.29 is 0 Å². The fourth-order valence-corrected chi connectivity index (χ4v) is 1.75. The van der Waals surface area contributed by atoms with E-state index in [0.29, 0.717) is 0 Å². The third-order valence-electron chi connectivity index (χ3n) is 2.43. The Morgan fingerprint density at radius 3 is 2.36 bits per heavy atom. The molecule has 0 unspecified atom stereocenters. The van der Waals surface area contributed by atoms with Crippen molar-refractivity contribution in [1.82, 2.24) is 8.97 Å². The Kier molecular flexibility index (Phi) is 1.47. The first kappa shape index (κ1) is 7.44. The van der Waals surface area contributed by atoms with Gasteiger partial charge in [-0.05, 0) is 30.3 Å². The number of nitrogens with zero attached hydrogens (tertiary/aromatic N) is 2. The molecule has 0 fully saturated rings. The van der Waals surface area contributed by atoms with Gasteiger partial charge >= 0.3 is 0 Å². The fraction of sp³-hybridized carbons (Fsp3) is 0. The van der Waals surface area contributed by atoms with E-state index in [0.717, 1.165) is 0 Å². The summed E-state index contributed by atoms with van der Waals surface area (Å²) in [6.45, 7) is 0. The van der Waals surface area contributed by atoms with E-state index in [4.69, 9.17) is 0 Å². The molecule has 0 bridgehead atoms. The van der Waals surface area contributed by atoms with Gasteiger partial charge in [-0.2, -0.15) is 0 Å². The maximum Gasteiger partial charge on any atom is 0.0706 e. The van der Waals surface area contributed by atoms with Gasteiger partial charge in [-0.1, -0.05) is 6.07 Å². The molecule has 0 atom stereocenters. The second-order valence-corrected chi connectivity index (χ2v) is 3.28. The number of hydrogen-bond donors (Lipinski definition) is 0. The highest BCUT2D eigenvalue weighted by Crippen LogP contribution is 2.16. The first-order valence-corrected chi connectivity index (χ1v) is 4.64. The van der Waals surface area contributed by atoms with Crippen LogP contribution < -0.4 is 0 Å².